The molecule has 0 aromatic heterocycles. The van der Waals surface area contributed by atoms with Crippen LogP contribution in [0.4, 0.5) is 0 Å². The molecule has 1 aromatic rings. The predicted molar refractivity (Wildman–Crippen MR) is 99.2 cm³/mol. The Balaban J connectivity index is 2.28. The third-order valence-electron chi connectivity index (χ3n) is 2.73. The number of rotatable bonds is 11. The van der Waals surface area contributed by atoms with Crippen LogP contribution >= 0.6 is 21.6 Å². The van der Waals surface area contributed by atoms with E-state index in [9.17, 15) is 19.2 Å². The minimum absolute atomic E-state index is 0.123. The maximum absolute atomic E-state index is 12.2. The molecule has 0 aliphatic heterocycles. The smallest absolute Gasteiger partial charge is 0.313 e. The summed E-state index contributed by atoms with van der Waals surface area (Å²) in [6, 6.07) is 6.23. The van der Waals surface area contributed by atoms with E-state index in [2.05, 4.69) is 0 Å². The zero-order valence-corrected chi connectivity index (χ0v) is 16.2. The lowest BCUT2D eigenvalue weighted by Gasteiger charge is -2.08. The highest BCUT2D eigenvalue weighted by Gasteiger charge is 2.17. The van der Waals surface area contributed by atoms with Crippen molar-refractivity contribution in [3.63, 3.8) is 0 Å². The Hall–Kier alpha value is -2.00. The third kappa shape index (κ3) is 9.47. The summed E-state index contributed by atoms with van der Waals surface area (Å²) < 4.78 is 14.8. The lowest BCUT2D eigenvalue weighted by atomic mass is 10.1. The van der Waals surface area contributed by atoms with Gasteiger partial charge in [0.25, 0.3) is 0 Å². The van der Waals surface area contributed by atoms with Crippen LogP contribution in [0, 0.1) is 0 Å². The van der Waals surface area contributed by atoms with Gasteiger partial charge in [-0.15, -0.1) is 0 Å². The van der Waals surface area contributed by atoms with Gasteiger partial charge in [0.15, 0.2) is 5.78 Å². The minimum atomic E-state index is -0.641. The van der Waals surface area contributed by atoms with E-state index in [1.165, 1.54) is 47.6 Å². The van der Waals surface area contributed by atoms with Crippen molar-refractivity contribution in [3.05, 3.63) is 29.8 Å². The molecule has 0 atom stereocenters. The highest BCUT2D eigenvalue weighted by atomic mass is 33.1. The number of ether oxygens (including phenoxy) is 3. The van der Waals surface area contributed by atoms with E-state index >= 15 is 0 Å². The fourth-order valence-electron chi connectivity index (χ4n) is 1.74. The number of para-hydroxylation sites is 1. The number of carbonyl (C=O) groups is 4. The quantitative estimate of drug-likeness (QED) is 0.139. The Bertz CT molecular complexity index is 646. The monoisotopic (exact) mass is 400 g/mol. The van der Waals surface area contributed by atoms with Crippen LogP contribution in [0.15, 0.2) is 24.3 Å². The average molecular weight is 400 g/mol. The second-order valence-corrected chi connectivity index (χ2v) is 7.60. The number of benzene rings is 1. The van der Waals surface area contributed by atoms with Gasteiger partial charge in [0.1, 0.15) is 25.4 Å². The Kier molecular flexibility index (Phi) is 10.5. The summed E-state index contributed by atoms with van der Waals surface area (Å²) in [7, 11) is 2.98. The van der Waals surface area contributed by atoms with Gasteiger partial charge in [-0.2, -0.15) is 0 Å². The van der Waals surface area contributed by atoms with Crippen molar-refractivity contribution in [1.29, 1.82) is 0 Å². The van der Waals surface area contributed by atoms with Crippen molar-refractivity contribution in [2.75, 3.05) is 24.7 Å². The van der Waals surface area contributed by atoms with Gasteiger partial charge < -0.3 is 14.2 Å². The van der Waals surface area contributed by atoms with E-state index in [0.717, 1.165) is 0 Å². The molecule has 1 rings (SSSR count). The van der Waals surface area contributed by atoms with E-state index in [1.807, 2.05) is 0 Å². The fraction of sp³-hybridized carbons (Fsp3) is 0.412. The first kappa shape index (κ1) is 22.0. The molecule has 0 bridgehead atoms. The van der Waals surface area contributed by atoms with Crippen LogP contribution in [-0.2, 0) is 23.9 Å². The van der Waals surface area contributed by atoms with E-state index < -0.39 is 24.1 Å². The molecule has 0 N–H and O–H groups in total. The van der Waals surface area contributed by atoms with E-state index in [-0.39, 0.29) is 23.9 Å². The highest BCUT2D eigenvalue weighted by Crippen LogP contribution is 2.21. The number of carbonyl (C=O) groups excluding carboxylic acids is 4. The molecule has 26 heavy (non-hydrogen) atoms. The molecule has 0 amide bonds. The molecule has 9 heteroatoms. The average Bonchev–Trinajstić information content (AvgIpc) is 2.56. The minimum Gasteiger partial charge on any atom is -0.465 e. The molecule has 142 valence electrons. The van der Waals surface area contributed by atoms with Gasteiger partial charge in [0, 0.05) is 25.4 Å². The molecule has 7 nitrogen and oxygen atoms in total. The van der Waals surface area contributed by atoms with Crippen LogP contribution in [0.3, 0.4) is 0 Å². The Labute approximate surface area is 159 Å². The second kappa shape index (κ2) is 12.4. The van der Waals surface area contributed by atoms with Crippen molar-refractivity contribution < 1.29 is 33.4 Å². The number of esters is 3. The number of hydrogen-bond acceptors (Lipinski definition) is 9. The van der Waals surface area contributed by atoms with Crippen molar-refractivity contribution in [3.8, 4) is 5.75 Å². The molecular weight excluding hydrogens is 380 g/mol. The lowest BCUT2D eigenvalue weighted by Crippen LogP contribution is -2.14. The van der Waals surface area contributed by atoms with Gasteiger partial charge in [0.05, 0.1) is 5.56 Å². The fourth-order valence-corrected chi connectivity index (χ4v) is 3.40. The topological polar surface area (TPSA) is 96.0 Å². The molecular formula is C17H20O7S2. The summed E-state index contributed by atoms with van der Waals surface area (Å²) in [5.74, 6) is -0.662. The maximum atomic E-state index is 12.2. The number of Topliss-reactive ketones (excluding diaryl/α,β-unsaturated/α-hetero) is 1. The van der Waals surface area contributed by atoms with Gasteiger partial charge in [-0.25, -0.2) is 0 Å². The molecule has 0 aliphatic carbocycles. The molecule has 0 saturated heterocycles. The summed E-state index contributed by atoms with van der Waals surface area (Å²) >= 11 is 0. The van der Waals surface area contributed by atoms with Gasteiger partial charge >= 0.3 is 17.9 Å². The van der Waals surface area contributed by atoms with Crippen molar-refractivity contribution >= 4 is 45.3 Å². The first-order chi connectivity index (χ1) is 12.4. The zero-order valence-electron chi connectivity index (χ0n) is 14.5. The second-order valence-electron chi connectivity index (χ2n) is 4.89. The molecule has 0 saturated carbocycles. The van der Waals surface area contributed by atoms with Crippen molar-refractivity contribution in [2.24, 2.45) is 0 Å². The summed E-state index contributed by atoms with van der Waals surface area (Å²) in [6.07, 6.45) is -0.428. The Morgan fingerprint density at radius 2 is 1.50 bits per heavy atom. The van der Waals surface area contributed by atoms with Gasteiger partial charge in [-0.3, -0.25) is 19.2 Å². The van der Waals surface area contributed by atoms with Crippen molar-refractivity contribution in [2.45, 2.75) is 20.3 Å². The van der Waals surface area contributed by atoms with E-state index in [4.69, 9.17) is 14.2 Å². The molecule has 0 heterocycles. The standard InChI is InChI=1S/C17H20O7S2/c1-12(18)22-7-9-25-26-10-8-23-17(21)11-15(20)14-5-3-4-6-16(14)24-13(2)19/h3-6H,7-11H2,1-2H3. The zero-order chi connectivity index (χ0) is 19.4. The maximum Gasteiger partial charge on any atom is 0.313 e. The van der Waals surface area contributed by atoms with Gasteiger partial charge in [0.2, 0.25) is 0 Å². The summed E-state index contributed by atoms with van der Waals surface area (Å²) in [5.41, 5.74) is 0.162. The van der Waals surface area contributed by atoms with Crippen LogP contribution in [-0.4, -0.2) is 48.4 Å². The third-order valence-corrected chi connectivity index (χ3v) is 5.06. The summed E-state index contributed by atoms with van der Waals surface area (Å²) in [6.45, 7) is 3.09. The van der Waals surface area contributed by atoms with E-state index in [0.29, 0.717) is 18.1 Å². The van der Waals surface area contributed by atoms with Crippen LogP contribution in [0.5, 0.6) is 5.75 Å². The molecule has 0 fully saturated rings. The molecule has 0 spiro atoms. The Morgan fingerprint density at radius 1 is 0.885 bits per heavy atom. The van der Waals surface area contributed by atoms with Crippen molar-refractivity contribution in [1.82, 2.24) is 0 Å². The lowest BCUT2D eigenvalue weighted by molar-refractivity contribution is -0.142. The first-order valence-electron chi connectivity index (χ1n) is 7.74. The largest absolute Gasteiger partial charge is 0.465 e. The van der Waals surface area contributed by atoms with E-state index in [1.54, 1.807) is 12.1 Å². The van der Waals surface area contributed by atoms with Crippen LogP contribution in [0.2, 0.25) is 0 Å². The molecule has 0 aliphatic rings. The van der Waals surface area contributed by atoms with Crippen LogP contribution in [0.25, 0.3) is 0 Å². The summed E-state index contributed by atoms with van der Waals surface area (Å²) in [5, 5.41) is 0. The van der Waals surface area contributed by atoms with Crippen LogP contribution in [0.1, 0.15) is 30.6 Å². The predicted octanol–water partition coefficient (Wildman–Crippen LogP) is 2.67. The molecule has 0 unspecified atom stereocenters. The Morgan fingerprint density at radius 3 is 2.12 bits per heavy atom. The van der Waals surface area contributed by atoms with Crippen LogP contribution < -0.4 is 4.74 Å². The molecule has 0 radical (unpaired) electrons. The number of ketones is 1. The molecule has 1 aromatic carbocycles. The number of hydrogen-bond donors (Lipinski definition) is 0. The first-order valence-corrected chi connectivity index (χ1v) is 10.2. The normalized spacial score (nSPS) is 10.1. The van der Waals surface area contributed by atoms with Gasteiger partial charge in [-0.1, -0.05) is 33.7 Å². The summed E-state index contributed by atoms with van der Waals surface area (Å²) in [4.78, 5) is 45.6. The van der Waals surface area contributed by atoms with Gasteiger partial charge in [-0.05, 0) is 12.1 Å². The SMILES string of the molecule is CC(=O)OCCSSCCOC(=O)CC(=O)c1ccccc1OC(C)=O. The highest BCUT2D eigenvalue weighted by molar-refractivity contribution is 8.76.